The summed E-state index contributed by atoms with van der Waals surface area (Å²) in [4.78, 5) is 23.0. The Kier molecular flexibility index (Phi) is 4.64. The second-order valence-electron chi connectivity index (χ2n) is 4.17. The number of amides is 1. The molecule has 2 aromatic heterocycles. The van der Waals surface area contributed by atoms with Crippen molar-refractivity contribution in [2.45, 2.75) is 25.8 Å². The van der Waals surface area contributed by atoms with E-state index in [-0.39, 0.29) is 11.9 Å². The van der Waals surface area contributed by atoms with Crippen LogP contribution in [0.4, 0.5) is 0 Å². The molecule has 7 heteroatoms. The number of nitrogens with zero attached hydrogens (tertiary/aromatic N) is 2. The summed E-state index contributed by atoms with van der Waals surface area (Å²) in [6.07, 6.45) is 4.90. The number of carbonyl (C=O) groups excluding carboxylic acids is 1. The monoisotopic (exact) mass is 279 g/mol. The Labute approximate surface area is 115 Å². The zero-order chi connectivity index (χ0) is 13.7. The molecular weight excluding hydrogens is 262 g/mol. The first kappa shape index (κ1) is 13.7. The minimum absolute atomic E-state index is 0.0865. The summed E-state index contributed by atoms with van der Waals surface area (Å²) in [6.45, 7) is 2.55. The van der Waals surface area contributed by atoms with Crippen LogP contribution in [-0.2, 0) is 6.42 Å². The van der Waals surface area contributed by atoms with Crippen LogP contribution in [0.3, 0.4) is 0 Å². The minimum atomic E-state index is -0.162. The van der Waals surface area contributed by atoms with Crippen molar-refractivity contribution in [2.24, 2.45) is 5.73 Å². The lowest BCUT2D eigenvalue weighted by molar-refractivity contribution is 0.0949. The highest BCUT2D eigenvalue weighted by Gasteiger charge is 2.13. The number of imidazole rings is 1. The molecule has 1 amide bonds. The highest BCUT2D eigenvalue weighted by molar-refractivity contribution is 7.09. The van der Waals surface area contributed by atoms with Crippen LogP contribution in [0, 0.1) is 0 Å². The summed E-state index contributed by atoms with van der Waals surface area (Å²) in [6, 6.07) is -0.0865. The molecule has 0 bridgehead atoms. The lowest BCUT2D eigenvalue weighted by Gasteiger charge is -2.03. The van der Waals surface area contributed by atoms with E-state index in [1.807, 2.05) is 6.92 Å². The van der Waals surface area contributed by atoms with Crippen molar-refractivity contribution in [1.29, 1.82) is 0 Å². The van der Waals surface area contributed by atoms with Gasteiger partial charge in [-0.25, -0.2) is 9.97 Å². The lowest BCUT2D eigenvalue weighted by Crippen LogP contribution is -2.26. The number of carbonyl (C=O) groups is 1. The first-order chi connectivity index (χ1) is 9.20. The van der Waals surface area contributed by atoms with Gasteiger partial charge in [-0.3, -0.25) is 4.79 Å². The number of nitrogens with one attached hydrogen (secondary N) is 2. The standard InChI is InChI=1S/C12H17N5OS/c1-2-9(13)12-17-10(6-19-12)11(18)15-4-3-8-5-14-7-16-8/h5-7,9H,2-4,13H2,1H3,(H,14,16)(H,15,18). The number of thiazole rings is 1. The molecule has 102 valence electrons. The topological polar surface area (TPSA) is 96.7 Å². The Bertz CT molecular complexity index is 522. The van der Waals surface area contributed by atoms with E-state index in [1.165, 1.54) is 11.3 Å². The van der Waals surface area contributed by atoms with Crippen molar-refractivity contribution in [1.82, 2.24) is 20.3 Å². The van der Waals surface area contributed by atoms with Crippen LogP contribution in [-0.4, -0.2) is 27.4 Å². The molecule has 1 atom stereocenters. The van der Waals surface area contributed by atoms with E-state index in [4.69, 9.17) is 5.73 Å². The van der Waals surface area contributed by atoms with Gasteiger partial charge in [-0.15, -0.1) is 11.3 Å². The Morgan fingerprint density at radius 3 is 3.16 bits per heavy atom. The molecule has 1 unspecified atom stereocenters. The van der Waals surface area contributed by atoms with E-state index in [9.17, 15) is 4.79 Å². The van der Waals surface area contributed by atoms with Gasteiger partial charge >= 0.3 is 0 Å². The largest absolute Gasteiger partial charge is 0.350 e. The smallest absolute Gasteiger partial charge is 0.270 e. The molecular formula is C12H17N5OS. The van der Waals surface area contributed by atoms with Crippen molar-refractivity contribution in [3.8, 4) is 0 Å². The molecule has 2 heterocycles. The number of aromatic nitrogens is 3. The molecule has 6 nitrogen and oxygen atoms in total. The van der Waals surface area contributed by atoms with Gasteiger partial charge in [0.2, 0.25) is 0 Å². The van der Waals surface area contributed by atoms with Crippen LogP contribution in [0.15, 0.2) is 17.9 Å². The summed E-state index contributed by atoms with van der Waals surface area (Å²) in [7, 11) is 0. The maximum Gasteiger partial charge on any atom is 0.270 e. The number of rotatable bonds is 6. The molecule has 0 spiro atoms. The SMILES string of the molecule is CCC(N)c1nc(C(=O)NCCc2cnc[nH]2)cs1. The average Bonchev–Trinajstić information content (AvgIpc) is 3.08. The third-order valence-corrected chi connectivity index (χ3v) is 3.72. The van der Waals surface area contributed by atoms with Crippen molar-refractivity contribution >= 4 is 17.2 Å². The van der Waals surface area contributed by atoms with Crippen LogP contribution < -0.4 is 11.1 Å². The Hall–Kier alpha value is -1.73. The van der Waals surface area contributed by atoms with Gasteiger partial charge in [-0.2, -0.15) is 0 Å². The first-order valence-electron chi connectivity index (χ1n) is 6.17. The molecule has 2 aromatic rings. The van der Waals surface area contributed by atoms with Crippen LogP contribution in [0.5, 0.6) is 0 Å². The zero-order valence-corrected chi connectivity index (χ0v) is 11.5. The van der Waals surface area contributed by atoms with Crippen LogP contribution >= 0.6 is 11.3 Å². The van der Waals surface area contributed by atoms with E-state index in [1.54, 1.807) is 17.9 Å². The summed E-state index contributed by atoms with van der Waals surface area (Å²) in [5.74, 6) is -0.162. The molecule has 0 aliphatic rings. The first-order valence-corrected chi connectivity index (χ1v) is 7.05. The molecule has 19 heavy (non-hydrogen) atoms. The molecule has 4 N–H and O–H groups in total. The maximum atomic E-state index is 11.9. The van der Waals surface area contributed by atoms with Crippen molar-refractivity contribution < 1.29 is 4.79 Å². The zero-order valence-electron chi connectivity index (χ0n) is 10.7. The van der Waals surface area contributed by atoms with Gasteiger partial charge in [-0.1, -0.05) is 6.92 Å². The highest BCUT2D eigenvalue weighted by Crippen LogP contribution is 2.18. The van der Waals surface area contributed by atoms with Gasteiger partial charge in [0.1, 0.15) is 10.7 Å². The maximum absolute atomic E-state index is 11.9. The van der Waals surface area contributed by atoms with E-state index >= 15 is 0 Å². The molecule has 0 radical (unpaired) electrons. The number of nitrogens with two attached hydrogens (primary N) is 1. The van der Waals surface area contributed by atoms with Crippen molar-refractivity contribution in [3.05, 3.63) is 34.3 Å². The van der Waals surface area contributed by atoms with Gasteiger partial charge in [0.05, 0.1) is 12.4 Å². The van der Waals surface area contributed by atoms with Gasteiger partial charge in [-0.05, 0) is 6.42 Å². The summed E-state index contributed by atoms with van der Waals surface area (Å²) >= 11 is 1.43. The number of hydrogen-bond donors (Lipinski definition) is 3. The summed E-state index contributed by atoms with van der Waals surface area (Å²) in [5.41, 5.74) is 7.31. The average molecular weight is 279 g/mol. The van der Waals surface area contributed by atoms with Gasteiger partial charge in [0.25, 0.3) is 5.91 Å². The quantitative estimate of drug-likeness (QED) is 0.741. The highest BCUT2D eigenvalue weighted by atomic mass is 32.1. The predicted molar refractivity (Wildman–Crippen MR) is 74.0 cm³/mol. The molecule has 2 rings (SSSR count). The van der Waals surface area contributed by atoms with Gasteiger partial charge in [0.15, 0.2) is 0 Å². The predicted octanol–water partition coefficient (Wildman–Crippen LogP) is 1.25. The molecule has 0 saturated heterocycles. The van der Waals surface area contributed by atoms with Crippen LogP contribution in [0.1, 0.15) is 40.6 Å². The Morgan fingerprint density at radius 2 is 2.47 bits per heavy atom. The number of aromatic amines is 1. The van der Waals surface area contributed by atoms with Gasteiger partial charge < -0.3 is 16.0 Å². The third-order valence-electron chi connectivity index (χ3n) is 2.75. The molecule has 0 aliphatic carbocycles. The fourth-order valence-electron chi connectivity index (χ4n) is 1.56. The van der Waals surface area contributed by atoms with Crippen molar-refractivity contribution in [3.63, 3.8) is 0 Å². The third kappa shape index (κ3) is 3.62. The summed E-state index contributed by atoms with van der Waals surface area (Å²) < 4.78 is 0. The van der Waals surface area contributed by atoms with E-state index in [0.29, 0.717) is 12.2 Å². The van der Waals surface area contributed by atoms with E-state index in [2.05, 4.69) is 20.3 Å². The fraction of sp³-hybridized carbons (Fsp3) is 0.417. The van der Waals surface area contributed by atoms with Crippen LogP contribution in [0.25, 0.3) is 0 Å². The Balaban J connectivity index is 1.84. The fourth-order valence-corrected chi connectivity index (χ4v) is 2.44. The second kappa shape index (κ2) is 6.44. The van der Waals surface area contributed by atoms with Gasteiger partial charge in [0, 0.05) is 30.2 Å². The number of H-pyrrole nitrogens is 1. The molecule has 0 aromatic carbocycles. The lowest BCUT2D eigenvalue weighted by atomic mass is 10.2. The number of hydrogen-bond acceptors (Lipinski definition) is 5. The summed E-state index contributed by atoms with van der Waals surface area (Å²) in [5, 5.41) is 5.38. The Morgan fingerprint density at radius 1 is 1.63 bits per heavy atom. The molecule has 0 saturated carbocycles. The van der Waals surface area contributed by atoms with E-state index < -0.39 is 0 Å². The van der Waals surface area contributed by atoms with E-state index in [0.717, 1.165) is 23.5 Å². The minimum Gasteiger partial charge on any atom is -0.350 e. The molecule has 0 aliphatic heterocycles. The second-order valence-corrected chi connectivity index (χ2v) is 5.06. The van der Waals surface area contributed by atoms with Crippen LogP contribution in [0.2, 0.25) is 0 Å². The normalized spacial score (nSPS) is 12.3. The molecule has 0 fully saturated rings. The van der Waals surface area contributed by atoms with Crippen molar-refractivity contribution in [2.75, 3.05) is 6.54 Å².